The van der Waals surface area contributed by atoms with Crippen molar-refractivity contribution < 1.29 is 0 Å². The molecule has 2 aliphatic rings. The van der Waals surface area contributed by atoms with E-state index >= 15 is 0 Å². The summed E-state index contributed by atoms with van der Waals surface area (Å²) in [5.41, 5.74) is 0. The van der Waals surface area contributed by atoms with E-state index in [1.165, 1.54) is 58.7 Å². The first-order valence-electron chi connectivity index (χ1n) is 10.7. The molecule has 6 nitrogen and oxygen atoms in total. The van der Waals surface area contributed by atoms with E-state index in [1.807, 2.05) is 7.05 Å². The maximum absolute atomic E-state index is 4.42. The SMILES string of the molecule is CCN1CCN(CCCCNC(=NC)NC2CN(C(C)C)CC2C)CC1.I. The van der Waals surface area contributed by atoms with E-state index in [4.69, 9.17) is 0 Å². The Labute approximate surface area is 184 Å². The summed E-state index contributed by atoms with van der Waals surface area (Å²) in [4.78, 5) is 12.1. The highest BCUT2D eigenvalue weighted by Crippen LogP contribution is 2.18. The van der Waals surface area contributed by atoms with Crippen molar-refractivity contribution in [2.24, 2.45) is 10.9 Å². The fourth-order valence-corrected chi connectivity index (χ4v) is 3.98. The molecular weight excluding hydrogens is 451 g/mol. The number of rotatable bonds is 8. The van der Waals surface area contributed by atoms with Gasteiger partial charge in [-0.05, 0) is 45.7 Å². The molecule has 0 aromatic heterocycles. The summed E-state index contributed by atoms with van der Waals surface area (Å²) in [6.07, 6.45) is 2.46. The minimum atomic E-state index is 0. The van der Waals surface area contributed by atoms with Crippen LogP contribution in [0.25, 0.3) is 0 Å². The van der Waals surface area contributed by atoms with Crippen molar-refractivity contribution in [3.05, 3.63) is 0 Å². The summed E-state index contributed by atoms with van der Waals surface area (Å²) in [6.45, 7) is 19.8. The van der Waals surface area contributed by atoms with Crippen LogP contribution in [0.15, 0.2) is 4.99 Å². The zero-order valence-corrected chi connectivity index (χ0v) is 20.5. The average molecular weight is 495 g/mol. The Kier molecular flexibility index (Phi) is 12.2. The van der Waals surface area contributed by atoms with Crippen LogP contribution in [0.4, 0.5) is 0 Å². The van der Waals surface area contributed by atoms with Crippen LogP contribution >= 0.6 is 24.0 Å². The summed E-state index contributed by atoms with van der Waals surface area (Å²) in [6, 6.07) is 1.12. The fourth-order valence-electron chi connectivity index (χ4n) is 3.98. The molecule has 7 heteroatoms. The summed E-state index contributed by atoms with van der Waals surface area (Å²) in [7, 11) is 1.88. The van der Waals surface area contributed by atoms with Crippen LogP contribution in [-0.4, -0.2) is 98.7 Å². The molecular formula is C20H43IN6. The lowest BCUT2D eigenvalue weighted by Gasteiger charge is -2.34. The Morgan fingerprint density at radius 1 is 1.07 bits per heavy atom. The van der Waals surface area contributed by atoms with Gasteiger partial charge in [0.05, 0.1) is 0 Å². The highest BCUT2D eigenvalue weighted by Gasteiger charge is 2.31. The smallest absolute Gasteiger partial charge is 0.191 e. The molecule has 0 bridgehead atoms. The summed E-state index contributed by atoms with van der Waals surface area (Å²) < 4.78 is 0. The van der Waals surface area contributed by atoms with Gasteiger partial charge in [0.15, 0.2) is 5.96 Å². The molecule has 2 heterocycles. The van der Waals surface area contributed by atoms with Gasteiger partial charge in [-0.25, -0.2) is 0 Å². The molecule has 2 saturated heterocycles. The molecule has 0 amide bonds. The van der Waals surface area contributed by atoms with Crippen molar-refractivity contribution in [1.29, 1.82) is 0 Å². The van der Waals surface area contributed by atoms with Gasteiger partial charge < -0.3 is 20.4 Å². The second kappa shape index (κ2) is 13.2. The number of guanidine groups is 1. The standard InChI is InChI=1S/C20H42N6.HI/c1-6-24-11-13-25(14-12-24)10-8-7-9-22-20(21-5)23-19-16-26(17(2)3)15-18(19)4;/h17-19H,6-16H2,1-5H3,(H2,21,22,23);1H. The number of hydrogen-bond acceptors (Lipinski definition) is 4. The highest BCUT2D eigenvalue weighted by molar-refractivity contribution is 14.0. The average Bonchev–Trinajstić information content (AvgIpc) is 3.01. The normalized spacial score (nSPS) is 25.6. The Bertz CT molecular complexity index is 423. The van der Waals surface area contributed by atoms with Crippen LogP contribution in [0.5, 0.6) is 0 Å². The van der Waals surface area contributed by atoms with E-state index < -0.39 is 0 Å². The lowest BCUT2D eigenvalue weighted by atomic mass is 10.1. The van der Waals surface area contributed by atoms with E-state index in [9.17, 15) is 0 Å². The number of aliphatic imine (C=N–C) groups is 1. The van der Waals surface area contributed by atoms with Gasteiger partial charge in [-0.2, -0.15) is 0 Å². The lowest BCUT2D eigenvalue weighted by Crippen LogP contribution is -2.47. The van der Waals surface area contributed by atoms with Crippen molar-refractivity contribution in [2.45, 2.75) is 52.6 Å². The molecule has 2 aliphatic heterocycles. The van der Waals surface area contributed by atoms with Crippen LogP contribution in [0, 0.1) is 5.92 Å². The number of hydrogen-bond donors (Lipinski definition) is 2. The fraction of sp³-hybridized carbons (Fsp3) is 0.950. The van der Waals surface area contributed by atoms with Crippen molar-refractivity contribution in [2.75, 3.05) is 66.0 Å². The van der Waals surface area contributed by atoms with Crippen LogP contribution in [0.2, 0.25) is 0 Å². The number of nitrogens with zero attached hydrogens (tertiary/aromatic N) is 4. The van der Waals surface area contributed by atoms with Gasteiger partial charge in [0.25, 0.3) is 0 Å². The van der Waals surface area contributed by atoms with E-state index in [1.54, 1.807) is 0 Å². The maximum atomic E-state index is 4.42. The highest BCUT2D eigenvalue weighted by atomic mass is 127. The maximum Gasteiger partial charge on any atom is 0.191 e. The predicted octanol–water partition coefficient (Wildman–Crippen LogP) is 1.92. The van der Waals surface area contributed by atoms with Crippen LogP contribution in [0.3, 0.4) is 0 Å². The molecule has 2 atom stereocenters. The second-order valence-corrected chi connectivity index (χ2v) is 8.26. The van der Waals surface area contributed by atoms with Gasteiger partial charge in [-0.3, -0.25) is 9.89 Å². The first-order valence-corrected chi connectivity index (χ1v) is 10.7. The molecule has 0 saturated carbocycles. The number of likely N-dealkylation sites (tertiary alicyclic amines) is 1. The van der Waals surface area contributed by atoms with Crippen molar-refractivity contribution in [3.8, 4) is 0 Å². The summed E-state index contributed by atoms with van der Waals surface area (Å²) >= 11 is 0. The molecule has 2 unspecified atom stereocenters. The molecule has 0 aromatic rings. The predicted molar refractivity (Wildman–Crippen MR) is 127 cm³/mol. The van der Waals surface area contributed by atoms with Gasteiger partial charge >= 0.3 is 0 Å². The zero-order valence-electron chi connectivity index (χ0n) is 18.2. The van der Waals surface area contributed by atoms with Gasteiger partial charge in [-0.15, -0.1) is 24.0 Å². The lowest BCUT2D eigenvalue weighted by molar-refractivity contribution is 0.136. The van der Waals surface area contributed by atoms with Crippen LogP contribution in [-0.2, 0) is 0 Å². The van der Waals surface area contributed by atoms with Gasteiger partial charge in [0, 0.05) is 64.9 Å². The van der Waals surface area contributed by atoms with E-state index in [2.05, 4.69) is 58.0 Å². The third kappa shape index (κ3) is 8.41. The zero-order chi connectivity index (χ0) is 18.9. The van der Waals surface area contributed by atoms with Gasteiger partial charge in [0.1, 0.15) is 0 Å². The molecule has 0 radical (unpaired) electrons. The van der Waals surface area contributed by atoms with E-state index in [0.29, 0.717) is 18.0 Å². The van der Waals surface area contributed by atoms with E-state index in [-0.39, 0.29) is 24.0 Å². The quantitative estimate of drug-likeness (QED) is 0.234. The first-order chi connectivity index (χ1) is 12.5. The number of unbranched alkanes of at least 4 members (excludes halogenated alkanes) is 1. The van der Waals surface area contributed by atoms with Crippen molar-refractivity contribution in [1.82, 2.24) is 25.3 Å². The molecule has 2 fully saturated rings. The topological polar surface area (TPSA) is 46.1 Å². The Balaban J connectivity index is 0.00000364. The third-order valence-corrected chi connectivity index (χ3v) is 6.02. The molecule has 2 rings (SSSR count). The monoisotopic (exact) mass is 494 g/mol. The number of nitrogens with one attached hydrogen (secondary N) is 2. The molecule has 27 heavy (non-hydrogen) atoms. The van der Waals surface area contributed by atoms with Crippen molar-refractivity contribution >= 4 is 29.9 Å². The number of likely N-dealkylation sites (N-methyl/N-ethyl adjacent to an activating group) is 1. The largest absolute Gasteiger partial charge is 0.356 e. The van der Waals surface area contributed by atoms with E-state index in [0.717, 1.165) is 19.0 Å². The third-order valence-electron chi connectivity index (χ3n) is 6.02. The number of piperazine rings is 1. The second-order valence-electron chi connectivity index (χ2n) is 8.26. The van der Waals surface area contributed by atoms with Gasteiger partial charge in [-0.1, -0.05) is 13.8 Å². The van der Waals surface area contributed by atoms with Crippen LogP contribution < -0.4 is 10.6 Å². The summed E-state index contributed by atoms with van der Waals surface area (Å²) in [5, 5.41) is 7.14. The molecule has 0 aliphatic carbocycles. The van der Waals surface area contributed by atoms with Gasteiger partial charge in [0.2, 0.25) is 0 Å². The minimum absolute atomic E-state index is 0. The minimum Gasteiger partial charge on any atom is -0.356 e. The molecule has 160 valence electrons. The molecule has 0 aromatic carbocycles. The summed E-state index contributed by atoms with van der Waals surface area (Å²) in [5.74, 6) is 1.63. The molecule has 2 N–H and O–H groups in total. The van der Waals surface area contributed by atoms with Crippen molar-refractivity contribution in [3.63, 3.8) is 0 Å². The Hall–Kier alpha value is -0.120. The molecule has 0 spiro atoms. The Morgan fingerprint density at radius 2 is 1.74 bits per heavy atom. The van der Waals surface area contributed by atoms with Crippen LogP contribution in [0.1, 0.15) is 40.5 Å². The first kappa shape index (κ1) is 24.9. The number of halogens is 1. The Morgan fingerprint density at radius 3 is 2.30 bits per heavy atom.